The first-order valence-corrected chi connectivity index (χ1v) is 9.21. The van der Waals surface area contributed by atoms with Gasteiger partial charge < -0.3 is 39.8 Å². The Kier molecular flexibility index (Phi) is 5.22. The molecule has 0 bridgehead atoms. The fourth-order valence-electron chi connectivity index (χ4n) is 3.56. The molecular weight excluding hydrogens is 396 g/mol. The molecular formula is C21H20O9. The molecule has 9 nitrogen and oxygen atoms in total. The predicted octanol–water partition coefficient (Wildman–Crippen LogP) is 0.386. The Bertz CT molecular complexity index is 1120. The molecule has 4 rings (SSSR count). The number of ether oxygens (including phenoxy) is 1. The molecule has 0 saturated carbocycles. The summed E-state index contributed by atoms with van der Waals surface area (Å²) in [5.41, 5.74) is 0.204. The molecule has 1 aliphatic heterocycles. The average molecular weight is 416 g/mol. The second-order valence-corrected chi connectivity index (χ2v) is 7.18. The van der Waals surface area contributed by atoms with Gasteiger partial charge in [-0.2, -0.15) is 0 Å². The van der Waals surface area contributed by atoms with Gasteiger partial charge in [0.1, 0.15) is 53.4 Å². The van der Waals surface area contributed by atoms with E-state index < -0.39 is 42.6 Å². The summed E-state index contributed by atoms with van der Waals surface area (Å²) in [6.45, 7) is -0.617. The van der Waals surface area contributed by atoms with Crippen LogP contribution in [0.1, 0.15) is 11.7 Å². The van der Waals surface area contributed by atoms with Crippen LogP contribution in [0.2, 0.25) is 0 Å². The largest absolute Gasteiger partial charge is 0.508 e. The maximum absolute atomic E-state index is 12.7. The van der Waals surface area contributed by atoms with E-state index in [4.69, 9.17) is 9.15 Å². The second-order valence-electron chi connectivity index (χ2n) is 7.18. The zero-order chi connectivity index (χ0) is 21.6. The lowest BCUT2D eigenvalue weighted by Crippen LogP contribution is -2.55. The number of fused-ring (bicyclic) bond motifs is 1. The first-order chi connectivity index (χ1) is 14.3. The normalized spacial score (nSPS) is 26.7. The van der Waals surface area contributed by atoms with E-state index in [0.717, 1.165) is 0 Å². The van der Waals surface area contributed by atoms with E-state index in [-0.39, 0.29) is 33.8 Å². The van der Waals surface area contributed by atoms with Crippen molar-refractivity contribution in [2.24, 2.45) is 0 Å². The van der Waals surface area contributed by atoms with Crippen LogP contribution in [-0.2, 0) is 4.74 Å². The number of hydrogen-bond donors (Lipinski definition) is 6. The minimum absolute atomic E-state index is 0.00378. The monoisotopic (exact) mass is 416 g/mol. The highest BCUT2D eigenvalue weighted by Crippen LogP contribution is 2.38. The average Bonchev–Trinajstić information content (AvgIpc) is 2.73. The van der Waals surface area contributed by atoms with Gasteiger partial charge in [0, 0.05) is 23.3 Å². The number of rotatable bonds is 3. The van der Waals surface area contributed by atoms with Gasteiger partial charge in [0.05, 0.1) is 12.0 Å². The highest BCUT2D eigenvalue weighted by atomic mass is 16.5. The number of aromatic hydroxyl groups is 2. The number of hydrogen-bond acceptors (Lipinski definition) is 9. The van der Waals surface area contributed by atoms with Crippen LogP contribution in [0.15, 0.2) is 51.7 Å². The summed E-state index contributed by atoms with van der Waals surface area (Å²) in [4.78, 5) is 12.7. The fourth-order valence-corrected chi connectivity index (χ4v) is 3.56. The Labute approximate surface area is 169 Å². The summed E-state index contributed by atoms with van der Waals surface area (Å²) in [5.74, 6) is -0.0750. The third-order valence-electron chi connectivity index (χ3n) is 5.23. The smallest absolute Gasteiger partial charge is 0.193 e. The van der Waals surface area contributed by atoms with E-state index in [9.17, 15) is 35.4 Å². The number of phenols is 2. The molecule has 1 saturated heterocycles. The van der Waals surface area contributed by atoms with Crippen molar-refractivity contribution in [3.8, 4) is 22.8 Å². The molecule has 9 heteroatoms. The van der Waals surface area contributed by atoms with Crippen LogP contribution in [0.5, 0.6) is 11.5 Å². The summed E-state index contributed by atoms with van der Waals surface area (Å²) in [5, 5.41) is 59.6. The maximum atomic E-state index is 12.7. The third-order valence-corrected chi connectivity index (χ3v) is 5.23. The van der Waals surface area contributed by atoms with Gasteiger partial charge in [-0.3, -0.25) is 4.79 Å². The molecule has 2 heterocycles. The van der Waals surface area contributed by atoms with Crippen molar-refractivity contribution >= 4 is 11.0 Å². The van der Waals surface area contributed by atoms with Crippen LogP contribution in [0.4, 0.5) is 0 Å². The third kappa shape index (κ3) is 3.42. The summed E-state index contributed by atoms with van der Waals surface area (Å²) in [7, 11) is 0. The number of aliphatic hydroxyl groups excluding tert-OH is 4. The molecule has 1 aliphatic rings. The fraction of sp³-hybridized carbons (Fsp3) is 0.286. The van der Waals surface area contributed by atoms with Crippen molar-refractivity contribution in [3.63, 3.8) is 0 Å². The van der Waals surface area contributed by atoms with Crippen molar-refractivity contribution in [1.29, 1.82) is 0 Å². The van der Waals surface area contributed by atoms with Crippen molar-refractivity contribution in [1.82, 2.24) is 0 Å². The zero-order valence-electron chi connectivity index (χ0n) is 15.5. The van der Waals surface area contributed by atoms with Crippen LogP contribution >= 0.6 is 0 Å². The molecule has 5 unspecified atom stereocenters. The van der Waals surface area contributed by atoms with E-state index in [1.54, 1.807) is 12.1 Å². The SMILES string of the molecule is O=c1cc(-c2ccc(O)cc2)oc2cc(O)c(C3OC(CO)C(O)C(O)C3O)cc12. The first kappa shape index (κ1) is 20.3. The lowest BCUT2D eigenvalue weighted by atomic mass is 9.90. The zero-order valence-corrected chi connectivity index (χ0v) is 15.5. The van der Waals surface area contributed by atoms with Gasteiger partial charge in [-0.1, -0.05) is 0 Å². The molecule has 3 aromatic rings. The topological polar surface area (TPSA) is 161 Å². The van der Waals surface area contributed by atoms with Crippen LogP contribution in [0.3, 0.4) is 0 Å². The van der Waals surface area contributed by atoms with E-state index in [1.807, 2.05) is 0 Å². The van der Waals surface area contributed by atoms with Crippen LogP contribution < -0.4 is 5.43 Å². The molecule has 0 spiro atoms. The van der Waals surface area contributed by atoms with Gasteiger partial charge in [0.15, 0.2) is 5.43 Å². The minimum atomic E-state index is -1.62. The van der Waals surface area contributed by atoms with Crippen LogP contribution in [0, 0.1) is 0 Å². The summed E-state index contributed by atoms with van der Waals surface area (Å²) < 4.78 is 11.2. The highest BCUT2D eigenvalue weighted by Gasteiger charge is 2.44. The molecule has 30 heavy (non-hydrogen) atoms. The van der Waals surface area contributed by atoms with Gasteiger partial charge in [-0.15, -0.1) is 0 Å². The molecule has 5 atom stereocenters. The lowest BCUT2D eigenvalue weighted by molar-refractivity contribution is -0.232. The van der Waals surface area contributed by atoms with Gasteiger partial charge in [-0.05, 0) is 30.3 Å². The van der Waals surface area contributed by atoms with Crippen molar-refractivity contribution in [3.05, 3.63) is 58.3 Å². The van der Waals surface area contributed by atoms with Gasteiger partial charge in [0.2, 0.25) is 0 Å². The molecule has 0 amide bonds. The quantitative estimate of drug-likeness (QED) is 0.355. The molecule has 1 fully saturated rings. The number of aliphatic hydroxyl groups is 4. The van der Waals surface area contributed by atoms with E-state index in [0.29, 0.717) is 5.56 Å². The molecule has 0 radical (unpaired) electrons. The summed E-state index contributed by atoms with van der Waals surface area (Å²) >= 11 is 0. The lowest BCUT2D eigenvalue weighted by Gasteiger charge is -2.40. The Morgan fingerprint density at radius 1 is 0.900 bits per heavy atom. The predicted molar refractivity (Wildman–Crippen MR) is 104 cm³/mol. The molecule has 6 N–H and O–H groups in total. The van der Waals surface area contributed by atoms with Crippen molar-refractivity contribution in [2.75, 3.05) is 6.61 Å². The molecule has 1 aromatic heterocycles. The van der Waals surface area contributed by atoms with Gasteiger partial charge >= 0.3 is 0 Å². The molecule has 158 valence electrons. The highest BCUT2D eigenvalue weighted by molar-refractivity contribution is 5.81. The van der Waals surface area contributed by atoms with E-state index in [1.165, 1.54) is 30.3 Å². The number of benzene rings is 2. The minimum Gasteiger partial charge on any atom is -0.508 e. The van der Waals surface area contributed by atoms with Crippen molar-refractivity contribution in [2.45, 2.75) is 30.5 Å². The van der Waals surface area contributed by atoms with Gasteiger partial charge in [-0.25, -0.2) is 0 Å². The molecule has 0 aliphatic carbocycles. The van der Waals surface area contributed by atoms with E-state index in [2.05, 4.69) is 0 Å². The van der Waals surface area contributed by atoms with Crippen LogP contribution in [-0.4, -0.2) is 61.7 Å². The Hall–Kier alpha value is -2.95. The second kappa shape index (κ2) is 7.71. The van der Waals surface area contributed by atoms with E-state index >= 15 is 0 Å². The van der Waals surface area contributed by atoms with Crippen LogP contribution in [0.25, 0.3) is 22.3 Å². The summed E-state index contributed by atoms with van der Waals surface area (Å²) in [6, 6.07) is 9.76. The van der Waals surface area contributed by atoms with Gasteiger partial charge in [0.25, 0.3) is 0 Å². The standard InChI is InChI=1S/C21H20O9/c22-8-17-18(26)19(27)20(28)21(30-17)12-5-11-13(24)6-15(29-16(11)7-14(12)25)9-1-3-10(23)4-2-9/h1-7,17-23,25-28H,8H2. The first-order valence-electron chi connectivity index (χ1n) is 9.21. The molecule has 2 aromatic carbocycles. The summed E-state index contributed by atoms with van der Waals surface area (Å²) in [6.07, 6.45) is -7.21. The number of phenolic OH excluding ortho intramolecular Hbond substituents is 2. The maximum Gasteiger partial charge on any atom is 0.193 e. The Balaban J connectivity index is 1.79. The van der Waals surface area contributed by atoms with Crippen molar-refractivity contribution < 1.29 is 39.8 Å². The Morgan fingerprint density at radius 2 is 1.60 bits per heavy atom. The Morgan fingerprint density at radius 3 is 2.27 bits per heavy atom.